The van der Waals surface area contributed by atoms with E-state index >= 15 is 0 Å². The summed E-state index contributed by atoms with van der Waals surface area (Å²) in [5.74, 6) is -1.65. The third-order valence-corrected chi connectivity index (χ3v) is 5.79. The number of nitro benzene ring substituents is 1. The van der Waals surface area contributed by atoms with Gasteiger partial charge in [0, 0.05) is 12.1 Å². The molecule has 9 nitrogen and oxygen atoms in total. The van der Waals surface area contributed by atoms with Crippen molar-refractivity contribution in [2.75, 3.05) is 6.54 Å². The highest BCUT2D eigenvalue weighted by Crippen LogP contribution is 2.38. The van der Waals surface area contributed by atoms with Crippen LogP contribution in [-0.2, 0) is 16.2 Å². The number of ether oxygens (including phenoxy) is 1. The number of imide groups is 1. The highest BCUT2D eigenvalue weighted by Gasteiger charge is 2.36. The van der Waals surface area contributed by atoms with Crippen LogP contribution < -0.4 is 4.74 Å². The number of halogens is 2. The van der Waals surface area contributed by atoms with Crippen molar-refractivity contribution in [2.45, 2.75) is 6.61 Å². The molecular weight excluding hydrogens is 516 g/mol. The van der Waals surface area contributed by atoms with Gasteiger partial charge in [-0.1, -0.05) is 11.6 Å². The van der Waals surface area contributed by atoms with E-state index in [1.165, 1.54) is 24.3 Å². The lowest BCUT2D eigenvalue weighted by atomic mass is 10.2. The lowest BCUT2D eigenvalue weighted by Crippen LogP contribution is -2.33. The number of benzene rings is 2. The van der Waals surface area contributed by atoms with Gasteiger partial charge in [-0.25, -0.2) is 0 Å². The van der Waals surface area contributed by atoms with Crippen LogP contribution >= 0.6 is 39.3 Å². The van der Waals surface area contributed by atoms with Crippen LogP contribution in [0.5, 0.6) is 5.75 Å². The van der Waals surface area contributed by atoms with Gasteiger partial charge in [0.25, 0.3) is 16.8 Å². The maximum atomic E-state index is 12.3. The summed E-state index contributed by atoms with van der Waals surface area (Å²) in [6.07, 6.45) is 1.43. The van der Waals surface area contributed by atoms with E-state index in [0.717, 1.165) is 0 Å². The SMILES string of the molecule is O=C(O)CN1C(=O)S/C(=C/c2cc(Cl)c(OCc3ccc([N+](=O)[O-])cc3)c(Br)c2)C1=O. The predicted molar refractivity (Wildman–Crippen MR) is 117 cm³/mol. The lowest BCUT2D eigenvalue weighted by Gasteiger charge is -2.11. The first-order chi connectivity index (χ1) is 14.7. The summed E-state index contributed by atoms with van der Waals surface area (Å²) in [6.45, 7) is -0.592. The third-order valence-electron chi connectivity index (χ3n) is 4.02. The van der Waals surface area contributed by atoms with Crippen molar-refractivity contribution < 1.29 is 29.2 Å². The quantitative estimate of drug-likeness (QED) is 0.311. The summed E-state index contributed by atoms with van der Waals surface area (Å²) in [7, 11) is 0. The fourth-order valence-electron chi connectivity index (χ4n) is 2.59. The van der Waals surface area contributed by atoms with E-state index in [-0.39, 0.29) is 22.2 Å². The van der Waals surface area contributed by atoms with Crippen molar-refractivity contribution >= 4 is 68.2 Å². The van der Waals surface area contributed by atoms with Gasteiger partial charge in [-0.2, -0.15) is 0 Å². The Hall–Kier alpha value is -2.89. The summed E-state index contributed by atoms with van der Waals surface area (Å²) in [6, 6.07) is 9.04. The van der Waals surface area contributed by atoms with Gasteiger partial charge in [-0.15, -0.1) is 0 Å². The van der Waals surface area contributed by atoms with Crippen LogP contribution in [0.3, 0.4) is 0 Å². The van der Waals surface area contributed by atoms with E-state index in [1.807, 2.05) is 0 Å². The van der Waals surface area contributed by atoms with Gasteiger partial charge >= 0.3 is 5.97 Å². The normalized spacial score (nSPS) is 14.9. The van der Waals surface area contributed by atoms with Crippen molar-refractivity contribution in [2.24, 2.45) is 0 Å². The number of carboxylic acid groups (broad SMARTS) is 1. The molecule has 0 radical (unpaired) electrons. The molecule has 0 unspecified atom stereocenters. The van der Waals surface area contributed by atoms with E-state index in [0.29, 0.717) is 38.0 Å². The Bertz CT molecular complexity index is 1100. The van der Waals surface area contributed by atoms with Crippen molar-refractivity contribution in [3.8, 4) is 5.75 Å². The number of carbonyl (C=O) groups is 3. The largest absolute Gasteiger partial charge is 0.486 e. The Balaban J connectivity index is 1.75. The molecule has 0 aliphatic carbocycles. The lowest BCUT2D eigenvalue weighted by molar-refractivity contribution is -0.384. The first-order valence-corrected chi connectivity index (χ1v) is 10.5. The van der Waals surface area contributed by atoms with Crippen LogP contribution in [0.1, 0.15) is 11.1 Å². The number of carboxylic acids is 1. The molecule has 0 saturated carbocycles. The molecule has 3 rings (SSSR count). The first kappa shape index (κ1) is 22.8. The van der Waals surface area contributed by atoms with Gasteiger partial charge < -0.3 is 9.84 Å². The molecule has 1 saturated heterocycles. The summed E-state index contributed by atoms with van der Waals surface area (Å²) >= 11 is 10.3. The number of carbonyl (C=O) groups excluding carboxylic acids is 2. The van der Waals surface area contributed by atoms with E-state index in [4.69, 9.17) is 21.4 Å². The number of nitro groups is 1. The molecule has 0 bridgehead atoms. The Morgan fingerprint density at radius 3 is 2.55 bits per heavy atom. The van der Waals surface area contributed by atoms with Crippen LogP contribution in [0.15, 0.2) is 45.8 Å². The second-order valence-corrected chi connectivity index (χ2v) is 8.44. The fraction of sp³-hybridized carbons (Fsp3) is 0.105. The number of hydrogen-bond donors (Lipinski definition) is 1. The molecule has 12 heteroatoms. The Kier molecular flexibility index (Phi) is 6.98. The maximum absolute atomic E-state index is 12.3. The fourth-order valence-corrected chi connectivity index (χ4v) is 4.42. The molecule has 2 aromatic rings. The molecule has 1 aliphatic heterocycles. The van der Waals surface area contributed by atoms with Crippen LogP contribution in [0.2, 0.25) is 5.02 Å². The highest BCUT2D eigenvalue weighted by molar-refractivity contribution is 9.10. The minimum absolute atomic E-state index is 0.0277. The molecule has 1 aliphatic rings. The zero-order valence-corrected chi connectivity index (χ0v) is 18.6. The van der Waals surface area contributed by atoms with Gasteiger partial charge in [0.1, 0.15) is 13.2 Å². The minimum atomic E-state index is -1.29. The molecular formula is C19H12BrClN2O7S. The Morgan fingerprint density at radius 2 is 1.97 bits per heavy atom. The Morgan fingerprint density at radius 1 is 1.29 bits per heavy atom. The van der Waals surface area contributed by atoms with Gasteiger partial charge in [-0.05, 0) is 69.2 Å². The number of non-ortho nitro benzene ring substituents is 1. The number of nitrogens with zero attached hydrogens (tertiary/aromatic N) is 2. The summed E-state index contributed by atoms with van der Waals surface area (Å²) < 4.78 is 6.19. The monoisotopic (exact) mass is 526 g/mol. The van der Waals surface area contributed by atoms with E-state index < -0.39 is 28.6 Å². The van der Waals surface area contributed by atoms with Crippen LogP contribution in [0.4, 0.5) is 10.5 Å². The second-order valence-electron chi connectivity index (χ2n) is 6.19. The van der Waals surface area contributed by atoms with Crippen LogP contribution in [-0.4, -0.2) is 38.6 Å². The molecule has 160 valence electrons. The van der Waals surface area contributed by atoms with Crippen molar-refractivity contribution in [3.05, 3.63) is 72.0 Å². The molecule has 2 aromatic carbocycles. The van der Waals surface area contributed by atoms with E-state index in [9.17, 15) is 24.5 Å². The molecule has 1 fully saturated rings. The van der Waals surface area contributed by atoms with Crippen LogP contribution in [0, 0.1) is 10.1 Å². The second kappa shape index (κ2) is 9.50. The zero-order chi connectivity index (χ0) is 22.7. The van der Waals surface area contributed by atoms with E-state index in [1.54, 1.807) is 18.2 Å². The third kappa shape index (κ3) is 5.43. The summed E-state index contributed by atoms with van der Waals surface area (Å²) in [4.78, 5) is 45.9. The van der Waals surface area contributed by atoms with Crippen LogP contribution in [0.25, 0.3) is 6.08 Å². The average Bonchev–Trinajstić information content (AvgIpc) is 2.94. The number of hydrogen-bond acceptors (Lipinski definition) is 7. The van der Waals surface area contributed by atoms with Gasteiger partial charge in [0.05, 0.1) is 19.3 Å². The molecule has 1 heterocycles. The maximum Gasteiger partial charge on any atom is 0.323 e. The van der Waals surface area contributed by atoms with Gasteiger partial charge in [0.15, 0.2) is 5.75 Å². The number of rotatable bonds is 7. The number of thioether (sulfide) groups is 1. The molecule has 0 spiro atoms. The number of amides is 2. The predicted octanol–water partition coefficient (Wildman–Crippen LogP) is 4.71. The summed E-state index contributed by atoms with van der Waals surface area (Å²) in [5.41, 5.74) is 1.17. The summed E-state index contributed by atoms with van der Waals surface area (Å²) in [5, 5.41) is 19.1. The Labute approximate surface area is 192 Å². The average molecular weight is 528 g/mol. The molecule has 2 amide bonds. The molecule has 0 aromatic heterocycles. The van der Waals surface area contributed by atoms with Crippen molar-refractivity contribution in [3.63, 3.8) is 0 Å². The first-order valence-electron chi connectivity index (χ1n) is 8.48. The smallest absolute Gasteiger partial charge is 0.323 e. The van der Waals surface area contributed by atoms with Gasteiger partial charge in [-0.3, -0.25) is 29.4 Å². The molecule has 1 N–H and O–H groups in total. The zero-order valence-electron chi connectivity index (χ0n) is 15.4. The minimum Gasteiger partial charge on any atom is -0.486 e. The molecule has 31 heavy (non-hydrogen) atoms. The topological polar surface area (TPSA) is 127 Å². The highest BCUT2D eigenvalue weighted by atomic mass is 79.9. The van der Waals surface area contributed by atoms with Crippen molar-refractivity contribution in [1.82, 2.24) is 4.90 Å². The standard InChI is InChI=1S/C19H12BrClN2O7S/c20-13-5-11(7-15-18(26)22(8-16(24)25)19(27)31-15)6-14(21)17(13)30-9-10-1-3-12(4-2-10)23(28)29/h1-7H,8-9H2,(H,24,25)/b15-7+. The number of aliphatic carboxylic acids is 1. The van der Waals surface area contributed by atoms with E-state index in [2.05, 4.69) is 15.9 Å². The molecule has 0 atom stereocenters. The van der Waals surface area contributed by atoms with Gasteiger partial charge in [0.2, 0.25) is 0 Å². The van der Waals surface area contributed by atoms with Crippen molar-refractivity contribution in [1.29, 1.82) is 0 Å².